The fraction of sp³-hybridized carbons (Fsp3) is 0.500. The van der Waals surface area contributed by atoms with Crippen LogP contribution in [0.2, 0.25) is 0 Å². The molecule has 1 amide bonds. The van der Waals surface area contributed by atoms with Crippen LogP contribution in [0.25, 0.3) is 0 Å². The molecule has 7 heteroatoms. The lowest BCUT2D eigenvalue weighted by molar-refractivity contribution is -0.115. The third-order valence-electron chi connectivity index (χ3n) is 4.28. The summed E-state index contributed by atoms with van der Waals surface area (Å²) in [7, 11) is 0. The summed E-state index contributed by atoms with van der Waals surface area (Å²) >= 11 is 1.43. The Morgan fingerprint density at radius 1 is 1.36 bits per heavy atom. The van der Waals surface area contributed by atoms with Crippen molar-refractivity contribution in [1.29, 1.82) is 0 Å². The van der Waals surface area contributed by atoms with Gasteiger partial charge in [-0.25, -0.2) is 0 Å². The molecule has 6 nitrogen and oxygen atoms in total. The fourth-order valence-corrected chi connectivity index (χ4v) is 3.65. The SMILES string of the molecule is Cc1ccc(NC(=O)[C@H](C)Sc2nnc(C)n2C[C@@H]2CCCO2)cc1. The van der Waals surface area contributed by atoms with Crippen molar-refractivity contribution in [1.82, 2.24) is 14.8 Å². The van der Waals surface area contributed by atoms with Crippen LogP contribution in [0.1, 0.15) is 31.2 Å². The quantitative estimate of drug-likeness (QED) is 0.801. The number of hydrogen-bond donors (Lipinski definition) is 1. The zero-order valence-corrected chi connectivity index (χ0v) is 15.7. The summed E-state index contributed by atoms with van der Waals surface area (Å²) in [4.78, 5) is 12.5. The first-order valence-corrected chi connectivity index (χ1v) is 9.46. The summed E-state index contributed by atoms with van der Waals surface area (Å²) < 4.78 is 7.76. The average Bonchev–Trinajstić information content (AvgIpc) is 3.22. The number of hydrogen-bond acceptors (Lipinski definition) is 5. The smallest absolute Gasteiger partial charge is 0.237 e. The van der Waals surface area contributed by atoms with Crippen LogP contribution in [0.3, 0.4) is 0 Å². The number of anilines is 1. The molecule has 1 N–H and O–H groups in total. The Kier molecular flexibility index (Phi) is 5.75. The van der Waals surface area contributed by atoms with E-state index in [0.717, 1.165) is 48.2 Å². The topological polar surface area (TPSA) is 69.0 Å². The lowest BCUT2D eigenvalue weighted by Gasteiger charge is -2.15. The Morgan fingerprint density at radius 3 is 2.80 bits per heavy atom. The molecule has 1 aromatic heterocycles. The third-order valence-corrected chi connectivity index (χ3v) is 5.36. The summed E-state index contributed by atoms with van der Waals surface area (Å²) in [6.07, 6.45) is 2.38. The summed E-state index contributed by atoms with van der Waals surface area (Å²) in [6.45, 7) is 7.40. The molecule has 1 saturated heterocycles. The Bertz CT molecular complexity index is 723. The first kappa shape index (κ1) is 17.9. The maximum Gasteiger partial charge on any atom is 0.237 e. The van der Waals surface area contributed by atoms with Gasteiger partial charge in [0.15, 0.2) is 5.16 Å². The highest BCUT2D eigenvalue weighted by molar-refractivity contribution is 8.00. The van der Waals surface area contributed by atoms with Crippen molar-refractivity contribution < 1.29 is 9.53 Å². The van der Waals surface area contributed by atoms with Gasteiger partial charge in [0.05, 0.1) is 17.9 Å². The van der Waals surface area contributed by atoms with Gasteiger partial charge < -0.3 is 14.6 Å². The number of nitrogens with zero attached hydrogens (tertiary/aromatic N) is 3. The van der Waals surface area contributed by atoms with Crippen molar-refractivity contribution in [2.24, 2.45) is 0 Å². The van der Waals surface area contributed by atoms with E-state index in [-0.39, 0.29) is 17.3 Å². The number of ether oxygens (including phenoxy) is 1. The Labute approximate surface area is 152 Å². The molecule has 1 aromatic carbocycles. The van der Waals surface area contributed by atoms with Gasteiger partial charge in [-0.1, -0.05) is 29.5 Å². The number of carbonyl (C=O) groups is 1. The summed E-state index contributed by atoms with van der Waals surface area (Å²) in [5, 5.41) is 11.8. The number of rotatable bonds is 6. The van der Waals surface area contributed by atoms with E-state index in [1.54, 1.807) is 0 Å². The van der Waals surface area contributed by atoms with Crippen LogP contribution in [0.15, 0.2) is 29.4 Å². The number of benzene rings is 1. The van der Waals surface area contributed by atoms with Gasteiger partial charge in [-0.05, 0) is 45.7 Å². The molecule has 0 spiro atoms. The molecule has 1 fully saturated rings. The van der Waals surface area contributed by atoms with E-state index in [1.165, 1.54) is 11.8 Å². The first-order valence-electron chi connectivity index (χ1n) is 8.58. The molecule has 0 saturated carbocycles. The zero-order valence-electron chi connectivity index (χ0n) is 14.9. The molecule has 2 heterocycles. The largest absolute Gasteiger partial charge is 0.376 e. The monoisotopic (exact) mass is 360 g/mol. The maximum absolute atomic E-state index is 12.5. The standard InChI is InChI=1S/C18H24N4O2S/c1-12-6-8-15(9-7-12)19-17(23)13(2)25-18-21-20-14(3)22(18)11-16-5-4-10-24-16/h6-9,13,16H,4-5,10-11H2,1-3H3,(H,19,23)/t13-,16-/m0/s1. The van der Waals surface area contributed by atoms with Gasteiger partial charge in [-0.15, -0.1) is 10.2 Å². The van der Waals surface area contributed by atoms with Crippen molar-refractivity contribution in [2.45, 2.75) is 56.7 Å². The van der Waals surface area contributed by atoms with E-state index in [0.29, 0.717) is 0 Å². The van der Waals surface area contributed by atoms with Gasteiger partial charge in [0.1, 0.15) is 5.82 Å². The molecule has 0 bridgehead atoms. The summed E-state index contributed by atoms with van der Waals surface area (Å²) in [5.41, 5.74) is 1.97. The molecular formula is C18H24N4O2S. The van der Waals surface area contributed by atoms with E-state index in [1.807, 2.05) is 45.0 Å². The minimum Gasteiger partial charge on any atom is -0.376 e. The molecule has 0 radical (unpaired) electrons. The van der Waals surface area contributed by atoms with Crippen molar-refractivity contribution in [2.75, 3.05) is 11.9 Å². The van der Waals surface area contributed by atoms with Crippen molar-refractivity contribution in [3.05, 3.63) is 35.7 Å². The molecule has 2 aromatic rings. The maximum atomic E-state index is 12.5. The van der Waals surface area contributed by atoms with E-state index in [9.17, 15) is 4.79 Å². The number of amides is 1. The van der Waals surface area contributed by atoms with E-state index in [4.69, 9.17) is 4.74 Å². The number of thioether (sulfide) groups is 1. The molecule has 25 heavy (non-hydrogen) atoms. The third kappa shape index (κ3) is 4.61. The molecular weight excluding hydrogens is 336 g/mol. The molecule has 0 aliphatic carbocycles. The van der Waals surface area contributed by atoms with E-state index >= 15 is 0 Å². The number of carbonyl (C=O) groups excluding carboxylic acids is 1. The highest BCUT2D eigenvalue weighted by Gasteiger charge is 2.22. The predicted molar refractivity (Wildman–Crippen MR) is 98.9 cm³/mol. The molecule has 0 unspecified atom stereocenters. The van der Waals surface area contributed by atoms with Gasteiger partial charge >= 0.3 is 0 Å². The minimum atomic E-state index is -0.270. The number of aryl methyl sites for hydroxylation is 2. The lowest BCUT2D eigenvalue weighted by Crippen LogP contribution is -2.23. The Hall–Kier alpha value is -1.86. The van der Waals surface area contributed by atoms with Crippen LogP contribution < -0.4 is 5.32 Å². The fourth-order valence-electron chi connectivity index (χ4n) is 2.74. The van der Waals surface area contributed by atoms with Gasteiger partial charge in [0.25, 0.3) is 0 Å². The predicted octanol–water partition coefficient (Wildman–Crippen LogP) is 3.19. The zero-order chi connectivity index (χ0) is 17.8. The van der Waals surface area contributed by atoms with Crippen LogP contribution in [0, 0.1) is 13.8 Å². The molecule has 1 aliphatic rings. The second kappa shape index (κ2) is 8.01. The van der Waals surface area contributed by atoms with Gasteiger partial charge in [-0.2, -0.15) is 0 Å². The summed E-state index contributed by atoms with van der Waals surface area (Å²) in [6, 6.07) is 7.79. The Balaban J connectivity index is 1.62. The van der Waals surface area contributed by atoms with Gasteiger partial charge in [0, 0.05) is 12.3 Å². The molecule has 134 valence electrons. The molecule has 1 aliphatic heterocycles. The summed E-state index contributed by atoms with van der Waals surface area (Å²) in [5.74, 6) is 0.808. The van der Waals surface area contributed by atoms with Crippen molar-refractivity contribution >= 4 is 23.4 Å². The van der Waals surface area contributed by atoms with E-state index in [2.05, 4.69) is 20.1 Å². The number of nitrogens with one attached hydrogen (secondary N) is 1. The Morgan fingerprint density at radius 2 is 2.12 bits per heavy atom. The number of aromatic nitrogens is 3. The normalized spacial score (nSPS) is 18.3. The van der Waals surface area contributed by atoms with Crippen LogP contribution in [0.5, 0.6) is 0 Å². The van der Waals surface area contributed by atoms with Crippen LogP contribution in [-0.2, 0) is 16.1 Å². The molecule has 2 atom stereocenters. The van der Waals surface area contributed by atoms with E-state index < -0.39 is 0 Å². The minimum absolute atomic E-state index is 0.0434. The highest BCUT2D eigenvalue weighted by Crippen LogP contribution is 2.25. The van der Waals surface area contributed by atoms with Gasteiger partial charge in [-0.3, -0.25) is 4.79 Å². The van der Waals surface area contributed by atoms with Gasteiger partial charge in [0.2, 0.25) is 5.91 Å². The highest BCUT2D eigenvalue weighted by atomic mass is 32.2. The lowest BCUT2D eigenvalue weighted by atomic mass is 10.2. The van der Waals surface area contributed by atoms with Crippen molar-refractivity contribution in [3.63, 3.8) is 0 Å². The second-order valence-corrected chi connectivity index (χ2v) is 7.70. The molecule has 3 rings (SSSR count). The van der Waals surface area contributed by atoms with Crippen LogP contribution in [0.4, 0.5) is 5.69 Å². The van der Waals surface area contributed by atoms with Crippen LogP contribution in [-0.4, -0.2) is 38.6 Å². The average molecular weight is 360 g/mol. The first-order chi connectivity index (χ1) is 12.0. The van der Waals surface area contributed by atoms with Crippen molar-refractivity contribution in [3.8, 4) is 0 Å². The second-order valence-electron chi connectivity index (χ2n) is 6.39. The van der Waals surface area contributed by atoms with Crippen LogP contribution >= 0.6 is 11.8 Å².